The van der Waals surface area contributed by atoms with E-state index in [-0.39, 0.29) is 11.1 Å². The third kappa shape index (κ3) is 3.87. The highest BCUT2D eigenvalue weighted by Crippen LogP contribution is 2.32. The highest BCUT2D eigenvalue weighted by Gasteiger charge is 2.16. The van der Waals surface area contributed by atoms with Gasteiger partial charge in [-0.15, -0.1) is 0 Å². The minimum atomic E-state index is -0.930. The molecule has 3 aromatic carbocycles. The molecule has 3 rings (SSSR count). The molecule has 0 saturated carbocycles. The Kier molecular flexibility index (Phi) is 5.31. The van der Waals surface area contributed by atoms with Gasteiger partial charge in [0.2, 0.25) is 0 Å². The lowest BCUT2D eigenvalue weighted by Gasteiger charge is -2.10. The quantitative estimate of drug-likeness (QED) is 0.372. The number of carbonyl (C=O) groups is 1. The fraction of sp³-hybridized carbons (Fsp3) is 0.0455. The zero-order chi connectivity index (χ0) is 19.4. The molecule has 0 amide bonds. The third-order valence-corrected chi connectivity index (χ3v) is 4.12. The van der Waals surface area contributed by atoms with Crippen LogP contribution in [0.4, 0.5) is 14.5 Å². The Balaban J connectivity index is 1.92. The average molecular weight is 365 g/mol. The maximum absolute atomic E-state index is 14.7. The van der Waals surface area contributed by atoms with Gasteiger partial charge in [-0.2, -0.15) is 0 Å². The number of nitrogens with one attached hydrogen (secondary N) is 1. The Labute approximate surface area is 155 Å². The van der Waals surface area contributed by atoms with Crippen LogP contribution in [0.25, 0.3) is 22.3 Å². The summed E-state index contributed by atoms with van der Waals surface area (Å²) in [7, 11) is 1.79. The van der Waals surface area contributed by atoms with Crippen molar-refractivity contribution >= 4 is 11.7 Å². The minimum absolute atomic E-state index is 0.129. The van der Waals surface area contributed by atoms with Gasteiger partial charge in [0.1, 0.15) is 5.75 Å². The molecule has 3 aromatic rings. The number of benzene rings is 3. The van der Waals surface area contributed by atoms with Gasteiger partial charge in [-0.05, 0) is 35.4 Å². The summed E-state index contributed by atoms with van der Waals surface area (Å²) in [6.07, 6.45) is 1.05. The Morgan fingerprint density at radius 1 is 0.889 bits per heavy atom. The zero-order valence-electron chi connectivity index (χ0n) is 14.6. The van der Waals surface area contributed by atoms with E-state index in [0.717, 1.165) is 11.8 Å². The van der Waals surface area contributed by atoms with E-state index in [1.165, 1.54) is 18.2 Å². The third-order valence-electron chi connectivity index (χ3n) is 4.12. The van der Waals surface area contributed by atoms with Crippen molar-refractivity contribution in [3.05, 3.63) is 85.0 Å². The van der Waals surface area contributed by atoms with Crippen LogP contribution >= 0.6 is 0 Å². The zero-order valence-corrected chi connectivity index (χ0v) is 14.6. The Morgan fingerprint density at radius 2 is 1.37 bits per heavy atom. The van der Waals surface area contributed by atoms with E-state index in [4.69, 9.17) is 4.74 Å². The van der Waals surface area contributed by atoms with Crippen LogP contribution < -0.4 is 10.1 Å². The molecule has 0 saturated heterocycles. The van der Waals surface area contributed by atoms with Crippen molar-refractivity contribution in [1.82, 2.24) is 0 Å². The van der Waals surface area contributed by atoms with Gasteiger partial charge in [-0.25, -0.2) is 13.6 Å². The van der Waals surface area contributed by atoms with Crippen LogP contribution in [0.1, 0.15) is 0 Å². The van der Waals surface area contributed by atoms with Gasteiger partial charge in [-0.1, -0.05) is 43.0 Å². The summed E-state index contributed by atoms with van der Waals surface area (Å²) in [5.41, 5.74) is 2.26. The van der Waals surface area contributed by atoms with E-state index in [9.17, 15) is 13.6 Å². The maximum atomic E-state index is 14.7. The normalized spacial score (nSPS) is 10.3. The van der Waals surface area contributed by atoms with Gasteiger partial charge in [0.25, 0.3) is 0 Å². The first kappa shape index (κ1) is 18.3. The van der Waals surface area contributed by atoms with Gasteiger partial charge in [0.15, 0.2) is 11.6 Å². The summed E-state index contributed by atoms with van der Waals surface area (Å²) in [5.74, 6) is -2.13. The summed E-state index contributed by atoms with van der Waals surface area (Å²) in [6, 6.07) is 16.3. The molecule has 0 aliphatic heterocycles. The molecule has 0 aromatic heterocycles. The molecule has 5 heteroatoms. The molecule has 0 fully saturated rings. The van der Waals surface area contributed by atoms with Crippen LogP contribution in [0.5, 0.6) is 5.75 Å². The monoisotopic (exact) mass is 365 g/mol. The van der Waals surface area contributed by atoms with Crippen molar-refractivity contribution in [3.63, 3.8) is 0 Å². The number of esters is 1. The first-order valence-electron chi connectivity index (χ1n) is 8.24. The summed E-state index contributed by atoms with van der Waals surface area (Å²) in [6.45, 7) is 3.32. The number of ether oxygens (including phenoxy) is 1. The summed E-state index contributed by atoms with van der Waals surface area (Å²) >= 11 is 0. The SMILES string of the molecule is C=CC(=O)Oc1ccc(-c2ccc(-c3ccc(NC)cc3)c(F)c2F)cc1. The van der Waals surface area contributed by atoms with Crippen molar-refractivity contribution in [3.8, 4) is 28.0 Å². The molecule has 0 unspecified atom stereocenters. The molecular formula is C22H17F2NO2. The van der Waals surface area contributed by atoms with E-state index in [2.05, 4.69) is 11.9 Å². The minimum Gasteiger partial charge on any atom is -0.423 e. The van der Waals surface area contributed by atoms with Gasteiger partial charge in [-0.3, -0.25) is 0 Å². The maximum Gasteiger partial charge on any atom is 0.335 e. The molecule has 136 valence electrons. The lowest BCUT2D eigenvalue weighted by molar-refractivity contribution is -0.128. The van der Waals surface area contributed by atoms with E-state index in [1.807, 2.05) is 0 Å². The number of anilines is 1. The lowest BCUT2D eigenvalue weighted by atomic mass is 9.98. The van der Waals surface area contributed by atoms with Crippen molar-refractivity contribution in [2.45, 2.75) is 0 Å². The molecule has 0 heterocycles. The molecule has 0 aliphatic rings. The molecule has 0 spiro atoms. The molecule has 0 atom stereocenters. The number of carbonyl (C=O) groups excluding carboxylic acids is 1. The van der Waals surface area contributed by atoms with Crippen molar-refractivity contribution in [2.75, 3.05) is 12.4 Å². The van der Waals surface area contributed by atoms with E-state index >= 15 is 0 Å². The molecule has 0 aliphatic carbocycles. The van der Waals surface area contributed by atoms with Crippen LogP contribution in [0.3, 0.4) is 0 Å². The van der Waals surface area contributed by atoms with Gasteiger partial charge in [0, 0.05) is 29.9 Å². The van der Waals surface area contributed by atoms with Crippen LogP contribution in [0.15, 0.2) is 73.3 Å². The molecule has 0 radical (unpaired) electrons. The summed E-state index contributed by atoms with van der Waals surface area (Å²) in [5, 5.41) is 2.98. The van der Waals surface area contributed by atoms with Crippen molar-refractivity contribution < 1.29 is 18.3 Å². The second-order valence-electron chi connectivity index (χ2n) is 5.77. The summed E-state index contributed by atoms with van der Waals surface area (Å²) < 4.78 is 34.3. The second kappa shape index (κ2) is 7.83. The highest BCUT2D eigenvalue weighted by atomic mass is 19.2. The second-order valence-corrected chi connectivity index (χ2v) is 5.77. The number of hydrogen-bond acceptors (Lipinski definition) is 3. The van der Waals surface area contributed by atoms with Gasteiger partial charge in [0.05, 0.1) is 0 Å². The van der Waals surface area contributed by atoms with E-state index < -0.39 is 17.6 Å². The predicted octanol–water partition coefficient (Wildman–Crippen LogP) is 5.43. The van der Waals surface area contributed by atoms with Crippen LogP contribution in [0, 0.1) is 11.6 Å². The lowest BCUT2D eigenvalue weighted by Crippen LogP contribution is -2.02. The average Bonchev–Trinajstić information content (AvgIpc) is 2.71. The number of rotatable bonds is 5. The van der Waals surface area contributed by atoms with Crippen LogP contribution in [-0.4, -0.2) is 13.0 Å². The summed E-state index contributed by atoms with van der Waals surface area (Å²) in [4.78, 5) is 11.2. The van der Waals surface area contributed by atoms with Crippen LogP contribution in [-0.2, 0) is 4.79 Å². The van der Waals surface area contributed by atoms with Crippen molar-refractivity contribution in [2.24, 2.45) is 0 Å². The molecule has 27 heavy (non-hydrogen) atoms. The topological polar surface area (TPSA) is 38.3 Å². The first-order chi connectivity index (χ1) is 13.0. The Bertz CT molecular complexity index is 980. The highest BCUT2D eigenvalue weighted by molar-refractivity contribution is 5.83. The first-order valence-corrected chi connectivity index (χ1v) is 8.24. The Hall–Kier alpha value is -3.47. The molecular weight excluding hydrogens is 348 g/mol. The predicted molar refractivity (Wildman–Crippen MR) is 103 cm³/mol. The standard InChI is InChI=1S/C22H17F2NO2/c1-3-20(26)27-17-10-6-15(7-11-17)19-13-12-18(21(23)22(19)24)14-4-8-16(25-2)9-5-14/h3-13,25H,1H2,2H3. The number of hydrogen-bond donors (Lipinski definition) is 1. The molecule has 3 nitrogen and oxygen atoms in total. The van der Waals surface area contributed by atoms with Crippen LogP contribution in [0.2, 0.25) is 0 Å². The largest absolute Gasteiger partial charge is 0.423 e. The van der Waals surface area contributed by atoms with Gasteiger partial charge < -0.3 is 10.1 Å². The molecule has 1 N–H and O–H groups in total. The van der Waals surface area contributed by atoms with Gasteiger partial charge >= 0.3 is 5.97 Å². The smallest absolute Gasteiger partial charge is 0.335 e. The Morgan fingerprint density at radius 3 is 1.81 bits per heavy atom. The van der Waals surface area contributed by atoms with Crippen molar-refractivity contribution in [1.29, 1.82) is 0 Å². The fourth-order valence-electron chi connectivity index (χ4n) is 2.67. The molecule has 0 bridgehead atoms. The fourth-order valence-corrected chi connectivity index (χ4v) is 2.67. The van der Waals surface area contributed by atoms with E-state index in [0.29, 0.717) is 16.9 Å². The van der Waals surface area contributed by atoms with E-state index in [1.54, 1.807) is 49.5 Å². The number of halogens is 2.